The summed E-state index contributed by atoms with van der Waals surface area (Å²) < 4.78 is 1.65. The molecule has 1 aliphatic rings. The number of hydrogen-bond acceptors (Lipinski definition) is 9. The molecule has 2 N–H and O–H groups in total. The first-order valence-electron chi connectivity index (χ1n) is 9.79. The van der Waals surface area contributed by atoms with Gasteiger partial charge in [0.1, 0.15) is 5.82 Å². The number of nitrogens with one attached hydrogen (secondary N) is 1. The molecule has 1 amide bonds. The summed E-state index contributed by atoms with van der Waals surface area (Å²) in [7, 11) is 0. The van der Waals surface area contributed by atoms with Crippen molar-refractivity contribution in [1.29, 1.82) is 0 Å². The Labute approximate surface area is 185 Å². The summed E-state index contributed by atoms with van der Waals surface area (Å²) in [5, 5.41) is 28.5. The number of nitrogens with zero attached hydrogens (tertiary/aromatic N) is 6. The number of para-hydroxylation sites is 1. The van der Waals surface area contributed by atoms with Crippen LogP contribution < -0.4 is 10.2 Å². The average Bonchev–Trinajstić information content (AvgIpc) is 3.53. The molecule has 0 unspecified atom stereocenters. The molecule has 1 fully saturated rings. The van der Waals surface area contributed by atoms with Crippen LogP contribution in [0.5, 0.6) is 0 Å². The topological polar surface area (TPSA) is 139 Å². The first-order valence-corrected chi connectivity index (χ1v) is 10.6. The molecule has 1 saturated heterocycles. The lowest BCUT2D eigenvalue weighted by molar-refractivity contribution is -0.380. The highest BCUT2D eigenvalue weighted by Crippen LogP contribution is 2.29. The molecule has 1 aromatic carbocycles. The van der Waals surface area contributed by atoms with E-state index in [2.05, 4.69) is 20.4 Å². The van der Waals surface area contributed by atoms with Crippen LogP contribution in [0.1, 0.15) is 16.1 Å². The highest BCUT2D eigenvalue weighted by molar-refractivity contribution is 7.17. The maximum atomic E-state index is 12.8. The van der Waals surface area contributed by atoms with Crippen molar-refractivity contribution in [1.82, 2.24) is 19.7 Å². The largest absolute Gasteiger partial charge is 0.391 e. The van der Waals surface area contributed by atoms with Crippen LogP contribution in [0.15, 0.2) is 48.7 Å². The number of anilines is 2. The van der Waals surface area contributed by atoms with Crippen molar-refractivity contribution >= 4 is 45.0 Å². The standard InChI is InChI=1S/C20H17N7O4S/c28-13-8-9-25(11-13)20-23-17(22-19(29)15-6-7-16(32-15)27(30)31)14-10-21-26(18(14)24-20)12-4-2-1-3-5-12/h1-7,10,13,28H,8-9,11H2,(H,22,23,24,29)/t13-/m0/s1. The molecule has 32 heavy (non-hydrogen) atoms. The van der Waals surface area contributed by atoms with E-state index in [1.165, 1.54) is 12.1 Å². The van der Waals surface area contributed by atoms with Crippen LogP contribution in [0.3, 0.4) is 0 Å². The number of thiophene rings is 1. The number of aromatic nitrogens is 4. The monoisotopic (exact) mass is 451 g/mol. The Hall–Kier alpha value is -3.90. The summed E-state index contributed by atoms with van der Waals surface area (Å²) in [6.07, 6.45) is 1.69. The Balaban J connectivity index is 1.58. The fourth-order valence-corrected chi connectivity index (χ4v) is 4.25. The van der Waals surface area contributed by atoms with Gasteiger partial charge in [0.25, 0.3) is 5.91 Å². The van der Waals surface area contributed by atoms with Crippen LogP contribution in [0.2, 0.25) is 0 Å². The number of nitro groups is 1. The van der Waals surface area contributed by atoms with Crippen LogP contribution in [0.4, 0.5) is 16.8 Å². The average molecular weight is 451 g/mol. The second-order valence-corrected chi connectivity index (χ2v) is 8.30. The van der Waals surface area contributed by atoms with E-state index < -0.39 is 16.9 Å². The molecular weight excluding hydrogens is 434 g/mol. The van der Waals surface area contributed by atoms with E-state index in [1.54, 1.807) is 10.9 Å². The van der Waals surface area contributed by atoms with Gasteiger partial charge in [0, 0.05) is 19.2 Å². The van der Waals surface area contributed by atoms with Crippen molar-refractivity contribution in [2.24, 2.45) is 0 Å². The molecule has 0 radical (unpaired) electrons. The van der Waals surface area contributed by atoms with Gasteiger partial charge in [-0.3, -0.25) is 14.9 Å². The zero-order chi connectivity index (χ0) is 22.2. The number of fused-ring (bicyclic) bond motifs is 1. The van der Waals surface area contributed by atoms with Crippen LogP contribution in [0, 0.1) is 10.1 Å². The number of rotatable bonds is 5. The van der Waals surface area contributed by atoms with Gasteiger partial charge in [0.2, 0.25) is 5.95 Å². The van der Waals surface area contributed by atoms with E-state index in [0.29, 0.717) is 36.5 Å². The van der Waals surface area contributed by atoms with Crippen molar-refractivity contribution in [3.8, 4) is 5.69 Å². The summed E-state index contributed by atoms with van der Waals surface area (Å²) in [5.41, 5.74) is 1.29. The molecule has 0 bridgehead atoms. The molecule has 11 nitrogen and oxygen atoms in total. The molecule has 162 valence electrons. The minimum Gasteiger partial charge on any atom is -0.391 e. The van der Waals surface area contributed by atoms with E-state index >= 15 is 0 Å². The summed E-state index contributed by atoms with van der Waals surface area (Å²) in [6, 6.07) is 12.1. The number of aliphatic hydroxyl groups excluding tert-OH is 1. The Morgan fingerprint density at radius 1 is 1.22 bits per heavy atom. The van der Waals surface area contributed by atoms with Gasteiger partial charge in [-0.25, -0.2) is 4.68 Å². The molecule has 4 heterocycles. The number of carbonyl (C=O) groups excluding carboxylic acids is 1. The summed E-state index contributed by atoms with van der Waals surface area (Å²) in [4.78, 5) is 34.4. The fraction of sp³-hybridized carbons (Fsp3) is 0.200. The van der Waals surface area contributed by atoms with E-state index in [4.69, 9.17) is 0 Å². The van der Waals surface area contributed by atoms with Gasteiger partial charge in [-0.1, -0.05) is 29.5 Å². The number of hydrogen-bond donors (Lipinski definition) is 2. The molecule has 1 atom stereocenters. The SMILES string of the molecule is O=C(Nc1nc(N2CC[C@H](O)C2)nc2c1cnn2-c1ccccc1)c1ccc([N+](=O)[O-])s1. The van der Waals surface area contributed by atoms with Crippen molar-refractivity contribution in [2.45, 2.75) is 12.5 Å². The number of aliphatic hydroxyl groups is 1. The Bertz CT molecular complexity index is 1320. The Kier molecular flexibility index (Phi) is 4.99. The third-order valence-corrected chi connectivity index (χ3v) is 6.13. The summed E-state index contributed by atoms with van der Waals surface area (Å²) >= 11 is 0.787. The maximum absolute atomic E-state index is 12.8. The molecule has 0 saturated carbocycles. The highest BCUT2D eigenvalue weighted by atomic mass is 32.1. The minimum absolute atomic E-state index is 0.119. The Morgan fingerprint density at radius 3 is 2.72 bits per heavy atom. The van der Waals surface area contributed by atoms with Crippen molar-refractivity contribution in [2.75, 3.05) is 23.3 Å². The predicted molar refractivity (Wildman–Crippen MR) is 118 cm³/mol. The number of benzene rings is 1. The van der Waals surface area contributed by atoms with Gasteiger partial charge in [-0.05, 0) is 24.6 Å². The molecule has 3 aromatic heterocycles. The molecule has 1 aliphatic heterocycles. The van der Waals surface area contributed by atoms with Crippen molar-refractivity contribution in [3.63, 3.8) is 0 Å². The van der Waals surface area contributed by atoms with E-state index in [-0.39, 0.29) is 15.7 Å². The second kappa shape index (κ2) is 7.98. The third-order valence-electron chi connectivity index (χ3n) is 5.09. The zero-order valence-corrected chi connectivity index (χ0v) is 17.4. The van der Waals surface area contributed by atoms with Crippen molar-refractivity contribution < 1.29 is 14.8 Å². The van der Waals surface area contributed by atoms with Gasteiger partial charge in [0.05, 0.1) is 33.2 Å². The van der Waals surface area contributed by atoms with E-state index in [9.17, 15) is 20.0 Å². The fourth-order valence-electron chi connectivity index (χ4n) is 3.53. The summed E-state index contributed by atoms with van der Waals surface area (Å²) in [5.74, 6) is 0.0942. The van der Waals surface area contributed by atoms with Crippen LogP contribution in [-0.2, 0) is 0 Å². The van der Waals surface area contributed by atoms with Crippen molar-refractivity contribution in [3.05, 3.63) is 63.7 Å². The molecule has 0 spiro atoms. The van der Waals surface area contributed by atoms with Crippen LogP contribution >= 0.6 is 11.3 Å². The van der Waals surface area contributed by atoms with Gasteiger partial charge < -0.3 is 15.3 Å². The van der Waals surface area contributed by atoms with Gasteiger partial charge in [0.15, 0.2) is 5.65 Å². The van der Waals surface area contributed by atoms with Gasteiger partial charge in [-0.2, -0.15) is 15.1 Å². The van der Waals surface area contributed by atoms with Crippen LogP contribution in [-0.4, -0.2) is 54.9 Å². The predicted octanol–water partition coefficient (Wildman–Crippen LogP) is 2.61. The lowest BCUT2D eigenvalue weighted by Gasteiger charge is -2.17. The summed E-state index contributed by atoms with van der Waals surface area (Å²) in [6.45, 7) is 0.964. The minimum atomic E-state index is -0.537. The zero-order valence-electron chi connectivity index (χ0n) is 16.6. The van der Waals surface area contributed by atoms with E-state index in [1.807, 2.05) is 35.2 Å². The van der Waals surface area contributed by atoms with Crippen LogP contribution in [0.25, 0.3) is 16.7 Å². The molecule has 12 heteroatoms. The molecule has 4 aromatic rings. The third kappa shape index (κ3) is 3.65. The first kappa shape index (κ1) is 20.0. The normalized spacial score (nSPS) is 15.9. The quantitative estimate of drug-likeness (QED) is 0.349. The van der Waals surface area contributed by atoms with E-state index in [0.717, 1.165) is 17.0 Å². The molecule has 0 aliphatic carbocycles. The lowest BCUT2D eigenvalue weighted by atomic mass is 10.3. The number of carbonyl (C=O) groups is 1. The molecule has 5 rings (SSSR count). The second-order valence-electron chi connectivity index (χ2n) is 7.24. The Morgan fingerprint density at radius 2 is 2.03 bits per heavy atom. The van der Waals surface area contributed by atoms with Gasteiger partial charge in [-0.15, -0.1) is 0 Å². The maximum Gasteiger partial charge on any atom is 0.324 e. The molecular formula is C20H17N7O4S. The number of amides is 1. The smallest absolute Gasteiger partial charge is 0.324 e. The highest BCUT2D eigenvalue weighted by Gasteiger charge is 2.25. The first-order chi connectivity index (χ1) is 15.5. The van der Waals surface area contributed by atoms with Gasteiger partial charge >= 0.3 is 5.00 Å². The number of β-amino-alcohol motifs (C(OH)–C–C–N with tert-alkyl or cyclic N) is 1. The lowest BCUT2D eigenvalue weighted by Crippen LogP contribution is -2.24.